The molecule has 0 aliphatic carbocycles. The maximum absolute atomic E-state index is 13.4. The minimum absolute atomic E-state index is 0.129. The molecule has 3 N–H and O–H groups in total. The molecule has 0 saturated carbocycles. The van der Waals surface area contributed by atoms with Crippen LogP contribution >= 0.6 is 0 Å². The van der Waals surface area contributed by atoms with Gasteiger partial charge in [0.2, 0.25) is 0 Å². The average molecular weight is 254 g/mol. The number of nitrogens with zero attached hydrogens (tertiary/aromatic N) is 2. The van der Waals surface area contributed by atoms with Crippen molar-refractivity contribution >= 4 is 17.3 Å². The van der Waals surface area contributed by atoms with E-state index < -0.39 is 23.1 Å². The van der Waals surface area contributed by atoms with E-state index in [1.807, 2.05) is 0 Å². The third-order valence-electron chi connectivity index (χ3n) is 2.12. The van der Waals surface area contributed by atoms with Crippen LogP contribution in [0, 0.1) is 24.4 Å². The number of rotatable bonds is 2. The van der Waals surface area contributed by atoms with Crippen molar-refractivity contribution in [3.8, 4) is 0 Å². The van der Waals surface area contributed by atoms with Gasteiger partial charge < -0.3 is 11.1 Å². The summed E-state index contributed by atoms with van der Waals surface area (Å²) in [4.78, 5) is 7.72. The average Bonchev–Trinajstić information content (AvgIpc) is 2.22. The van der Waals surface area contributed by atoms with Crippen LogP contribution in [0.5, 0.6) is 0 Å². The zero-order valence-electron chi connectivity index (χ0n) is 9.34. The number of aromatic nitrogens is 2. The quantitative estimate of drug-likeness (QED) is 0.864. The topological polar surface area (TPSA) is 63.8 Å². The van der Waals surface area contributed by atoms with Crippen LogP contribution in [-0.2, 0) is 0 Å². The largest absolute Gasteiger partial charge is 0.384 e. The van der Waals surface area contributed by atoms with Crippen molar-refractivity contribution in [3.63, 3.8) is 0 Å². The van der Waals surface area contributed by atoms with Gasteiger partial charge in [0.1, 0.15) is 29.0 Å². The van der Waals surface area contributed by atoms with Gasteiger partial charge in [-0.15, -0.1) is 0 Å². The molecular weight excluding hydrogens is 245 g/mol. The van der Waals surface area contributed by atoms with Gasteiger partial charge in [0.05, 0.1) is 0 Å². The Hall–Kier alpha value is -2.31. The number of nitrogen functional groups attached to an aromatic ring is 1. The maximum Gasteiger partial charge on any atom is 0.152 e. The molecule has 0 saturated heterocycles. The van der Waals surface area contributed by atoms with Crippen molar-refractivity contribution < 1.29 is 13.2 Å². The number of hydrogen-bond acceptors (Lipinski definition) is 4. The van der Waals surface area contributed by atoms with Crippen molar-refractivity contribution in [2.24, 2.45) is 0 Å². The zero-order chi connectivity index (χ0) is 13.3. The van der Waals surface area contributed by atoms with Crippen LogP contribution in [0.15, 0.2) is 18.2 Å². The van der Waals surface area contributed by atoms with Crippen molar-refractivity contribution in [2.75, 3.05) is 11.1 Å². The number of nitrogens with two attached hydrogens (primary N) is 1. The Morgan fingerprint density at radius 2 is 1.67 bits per heavy atom. The molecule has 0 atom stereocenters. The predicted molar refractivity (Wildman–Crippen MR) is 60.8 cm³/mol. The molecule has 94 valence electrons. The van der Waals surface area contributed by atoms with Gasteiger partial charge in [-0.05, 0) is 6.92 Å². The lowest BCUT2D eigenvalue weighted by atomic mass is 10.2. The molecule has 0 aliphatic heterocycles. The summed E-state index contributed by atoms with van der Waals surface area (Å²) in [5, 5.41) is 2.40. The van der Waals surface area contributed by atoms with Crippen LogP contribution in [0.2, 0.25) is 0 Å². The molecule has 0 radical (unpaired) electrons. The van der Waals surface area contributed by atoms with Crippen LogP contribution in [-0.4, -0.2) is 9.97 Å². The van der Waals surface area contributed by atoms with Gasteiger partial charge in [0.25, 0.3) is 0 Å². The van der Waals surface area contributed by atoms with Gasteiger partial charge >= 0.3 is 0 Å². The highest BCUT2D eigenvalue weighted by Crippen LogP contribution is 2.24. The third kappa shape index (κ3) is 2.50. The van der Waals surface area contributed by atoms with Gasteiger partial charge in [0, 0.05) is 18.2 Å². The minimum Gasteiger partial charge on any atom is -0.384 e. The van der Waals surface area contributed by atoms with Crippen molar-refractivity contribution in [1.29, 1.82) is 0 Å². The number of benzene rings is 1. The standard InChI is InChI=1S/C11H9F3N4/c1-5-16-9(15)4-10(17-5)18-11-7(13)2-6(12)3-8(11)14/h2-4H,1H3,(H3,15,16,17,18). The summed E-state index contributed by atoms with van der Waals surface area (Å²) in [7, 11) is 0. The summed E-state index contributed by atoms with van der Waals surface area (Å²) in [6, 6.07) is 2.46. The van der Waals surface area contributed by atoms with Crippen LogP contribution in [0.4, 0.5) is 30.5 Å². The first kappa shape index (κ1) is 12.2. The van der Waals surface area contributed by atoms with E-state index in [9.17, 15) is 13.2 Å². The van der Waals surface area contributed by atoms with Crippen molar-refractivity contribution in [2.45, 2.75) is 6.92 Å². The number of halogens is 3. The molecule has 2 aromatic rings. The second-order valence-electron chi connectivity index (χ2n) is 3.59. The number of anilines is 3. The smallest absolute Gasteiger partial charge is 0.152 e. The summed E-state index contributed by atoms with van der Waals surface area (Å²) in [5.41, 5.74) is 4.98. The van der Waals surface area contributed by atoms with Gasteiger partial charge in [-0.25, -0.2) is 23.1 Å². The lowest BCUT2D eigenvalue weighted by Gasteiger charge is -2.09. The summed E-state index contributed by atoms with van der Waals surface area (Å²) >= 11 is 0. The van der Waals surface area contributed by atoms with Gasteiger partial charge in [0.15, 0.2) is 11.6 Å². The second kappa shape index (κ2) is 4.52. The Bertz CT molecular complexity index is 558. The number of aryl methyl sites for hydroxylation is 1. The zero-order valence-corrected chi connectivity index (χ0v) is 9.34. The normalized spacial score (nSPS) is 10.4. The van der Waals surface area contributed by atoms with E-state index in [1.165, 1.54) is 6.07 Å². The first-order chi connectivity index (χ1) is 8.45. The highest BCUT2D eigenvalue weighted by molar-refractivity contribution is 5.59. The van der Waals surface area contributed by atoms with E-state index in [2.05, 4.69) is 15.3 Å². The fourth-order valence-corrected chi connectivity index (χ4v) is 1.44. The molecule has 18 heavy (non-hydrogen) atoms. The molecule has 0 aliphatic rings. The van der Waals surface area contributed by atoms with E-state index in [-0.39, 0.29) is 11.6 Å². The first-order valence-corrected chi connectivity index (χ1v) is 4.98. The highest BCUT2D eigenvalue weighted by atomic mass is 19.1. The lowest BCUT2D eigenvalue weighted by molar-refractivity contribution is 0.548. The molecule has 0 bridgehead atoms. The summed E-state index contributed by atoms with van der Waals surface area (Å²) in [5.74, 6) is -2.46. The SMILES string of the molecule is Cc1nc(N)cc(Nc2c(F)cc(F)cc2F)n1. The molecule has 1 heterocycles. The van der Waals surface area contributed by atoms with Crippen molar-refractivity contribution in [1.82, 2.24) is 9.97 Å². The third-order valence-corrected chi connectivity index (χ3v) is 2.12. The van der Waals surface area contributed by atoms with E-state index in [1.54, 1.807) is 6.92 Å². The Balaban J connectivity index is 2.40. The Kier molecular flexibility index (Phi) is 3.05. The molecule has 4 nitrogen and oxygen atoms in total. The fourth-order valence-electron chi connectivity index (χ4n) is 1.44. The van der Waals surface area contributed by atoms with E-state index >= 15 is 0 Å². The molecule has 1 aromatic carbocycles. The molecule has 0 spiro atoms. The highest BCUT2D eigenvalue weighted by Gasteiger charge is 2.12. The molecule has 0 fully saturated rings. The summed E-state index contributed by atoms with van der Waals surface area (Å²) in [6.07, 6.45) is 0. The van der Waals surface area contributed by atoms with E-state index in [4.69, 9.17) is 5.73 Å². The molecular formula is C11H9F3N4. The van der Waals surface area contributed by atoms with Gasteiger partial charge in [-0.3, -0.25) is 0 Å². The van der Waals surface area contributed by atoms with Gasteiger partial charge in [-0.2, -0.15) is 0 Å². The van der Waals surface area contributed by atoms with Gasteiger partial charge in [-0.1, -0.05) is 0 Å². The monoisotopic (exact) mass is 254 g/mol. The molecule has 1 aromatic heterocycles. The Labute approximate surface area is 101 Å². The predicted octanol–water partition coefficient (Wildman–Crippen LogP) is 2.53. The minimum atomic E-state index is -1.05. The molecule has 7 heteroatoms. The first-order valence-electron chi connectivity index (χ1n) is 4.98. The van der Waals surface area contributed by atoms with Crippen LogP contribution in [0.25, 0.3) is 0 Å². The van der Waals surface area contributed by atoms with E-state index in [0.717, 1.165) is 0 Å². The molecule has 0 amide bonds. The Morgan fingerprint density at radius 1 is 1.06 bits per heavy atom. The van der Waals surface area contributed by atoms with Crippen molar-refractivity contribution in [3.05, 3.63) is 41.5 Å². The second-order valence-corrected chi connectivity index (χ2v) is 3.59. The van der Waals surface area contributed by atoms with E-state index in [0.29, 0.717) is 18.0 Å². The molecule has 2 rings (SSSR count). The maximum atomic E-state index is 13.4. The van der Waals surface area contributed by atoms with Crippen LogP contribution in [0.3, 0.4) is 0 Å². The van der Waals surface area contributed by atoms with Crippen LogP contribution in [0.1, 0.15) is 5.82 Å². The number of hydrogen-bond donors (Lipinski definition) is 2. The lowest BCUT2D eigenvalue weighted by Crippen LogP contribution is -2.03. The number of nitrogens with one attached hydrogen (secondary N) is 1. The van der Waals surface area contributed by atoms with Crippen LogP contribution < -0.4 is 11.1 Å². The summed E-state index contributed by atoms with van der Waals surface area (Å²) < 4.78 is 39.5. The summed E-state index contributed by atoms with van der Waals surface area (Å²) in [6.45, 7) is 1.58. The molecule has 0 unspecified atom stereocenters. The fraction of sp³-hybridized carbons (Fsp3) is 0.0909. The Morgan fingerprint density at radius 3 is 2.22 bits per heavy atom.